The van der Waals surface area contributed by atoms with Crippen molar-refractivity contribution in [3.8, 4) is 0 Å². The van der Waals surface area contributed by atoms with E-state index in [9.17, 15) is 19.0 Å². The zero-order chi connectivity index (χ0) is 55.6. The first-order valence-corrected chi connectivity index (χ1v) is 32.5. The summed E-state index contributed by atoms with van der Waals surface area (Å²) in [5.41, 5.74) is 0. The quantitative estimate of drug-likeness (QED) is 0.0211. The Morgan fingerprint density at radius 1 is 0.421 bits per heavy atom. The Bertz CT molecular complexity index is 1600. The molecule has 1 N–H and O–H groups in total. The molecule has 0 aliphatic carbocycles. The van der Waals surface area contributed by atoms with Crippen LogP contribution in [0.15, 0.2) is 97.2 Å². The van der Waals surface area contributed by atoms with Gasteiger partial charge >= 0.3 is 19.8 Å². The molecule has 0 aromatic rings. The van der Waals surface area contributed by atoms with Gasteiger partial charge in [-0.25, -0.2) is 4.57 Å². The highest BCUT2D eigenvalue weighted by atomic mass is 31.2. The molecule has 0 bridgehead atoms. The van der Waals surface area contributed by atoms with E-state index in [0.29, 0.717) is 23.9 Å². The fourth-order valence-electron chi connectivity index (χ4n) is 8.39. The highest BCUT2D eigenvalue weighted by molar-refractivity contribution is 7.47. The van der Waals surface area contributed by atoms with Gasteiger partial charge in [-0.05, 0) is 77.0 Å². The molecule has 0 saturated heterocycles. The molecule has 0 radical (unpaired) electrons. The second-order valence-electron chi connectivity index (χ2n) is 21.7. The summed E-state index contributed by atoms with van der Waals surface area (Å²) < 4.78 is 34.5. The van der Waals surface area contributed by atoms with E-state index in [1.54, 1.807) is 0 Å². The van der Waals surface area contributed by atoms with Gasteiger partial charge in [0, 0.05) is 12.8 Å². The van der Waals surface area contributed by atoms with Crippen LogP contribution < -0.4 is 0 Å². The van der Waals surface area contributed by atoms with Crippen LogP contribution in [0.2, 0.25) is 0 Å². The molecule has 0 aliphatic rings. The first-order chi connectivity index (χ1) is 37.0. The molecule has 0 aromatic heterocycles. The monoisotopic (exact) mass is 1080 g/mol. The second-order valence-corrected chi connectivity index (χ2v) is 23.2. The van der Waals surface area contributed by atoms with E-state index >= 15 is 0 Å². The minimum atomic E-state index is -4.38. The lowest BCUT2D eigenvalue weighted by molar-refractivity contribution is -0.870. The van der Waals surface area contributed by atoms with Crippen LogP contribution in [-0.4, -0.2) is 74.9 Å². The van der Waals surface area contributed by atoms with Crippen LogP contribution in [0.3, 0.4) is 0 Å². The van der Waals surface area contributed by atoms with Gasteiger partial charge in [0.15, 0.2) is 6.10 Å². The molecule has 76 heavy (non-hydrogen) atoms. The Morgan fingerprint density at radius 3 is 1.12 bits per heavy atom. The van der Waals surface area contributed by atoms with Gasteiger partial charge in [-0.1, -0.05) is 265 Å². The van der Waals surface area contributed by atoms with Gasteiger partial charge in [0.1, 0.15) is 19.8 Å². The van der Waals surface area contributed by atoms with Crippen LogP contribution in [0.25, 0.3) is 0 Å². The van der Waals surface area contributed by atoms with Gasteiger partial charge in [-0.15, -0.1) is 0 Å². The Labute approximate surface area is 468 Å². The van der Waals surface area contributed by atoms with E-state index < -0.39 is 26.5 Å². The van der Waals surface area contributed by atoms with Gasteiger partial charge in [0.05, 0.1) is 27.7 Å². The molecule has 0 aromatic carbocycles. The topological polar surface area (TPSA) is 108 Å². The Kier molecular flexibility index (Phi) is 54.4. The maximum absolute atomic E-state index is 12.8. The summed E-state index contributed by atoms with van der Waals surface area (Å²) in [5.74, 6) is -0.793. The maximum atomic E-state index is 12.8. The summed E-state index contributed by atoms with van der Waals surface area (Å²) in [6.07, 6.45) is 77.9. The fraction of sp³-hybridized carbons (Fsp3) is 0.727. The number of allylic oxidation sites excluding steroid dienone is 16. The molecular formula is C66H117NO8P+. The predicted octanol–water partition coefficient (Wildman–Crippen LogP) is 19.6. The van der Waals surface area contributed by atoms with Crippen molar-refractivity contribution in [1.29, 1.82) is 0 Å². The molecule has 0 aliphatic heterocycles. The fourth-order valence-corrected chi connectivity index (χ4v) is 9.13. The standard InChI is InChI=1S/C66H116NO8P/c1-6-8-10-12-14-16-18-19-20-21-22-23-24-25-26-27-28-29-30-31-32-33-34-35-36-37-38-39-40-41-42-43-44-45-46-47-49-51-53-55-57-59-66(69)75-64(63-74-76(70,71)73-61-60-67(3,4)5)62-72-65(68)58-56-54-52-50-48-17-15-13-11-9-7-2/h8,10,14,16,19-20,22-23,25-26,28-29,31-32,34-35,64H,6-7,9,11-13,15,17-18,21,24,27,30,33,36-63H2,1-5H3/p+1/b10-8-,16-14-,20-19-,23-22-,26-25-,29-28-,32-31-,35-34-. The number of esters is 2. The number of likely N-dealkylation sites (N-methyl/N-ethyl adjacent to an activating group) is 1. The molecule has 0 amide bonds. The third-order valence-corrected chi connectivity index (χ3v) is 14.1. The van der Waals surface area contributed by atoms with Crippen molar-refractivity contribution in [1.82, 2.24) is 0 Å². The molecule has 2 atom stereocenters. The van der Waals surface area contributed by atoms with Crippen molar-refractivity contribution in [2.24, 2.45) is 0 Å². The molecule has 0 fully saturated rings. The number of nitrogens with zero attached hydrogens (tertiary/aromatic N) is 1. The van der Waals surface area contributed by atoms with Crippen molar-refractivity contribution in [3.63, 3.8) is 0 Å². The van der Waals surface area contributed by atoms with Crippen molar-refractivity contribution in [3.05, 3.63) is 97.2 Å². The lowest BCUT2D eigenvalue weighted by atomic mass is 10.0. The van der Waals surface area contributed by atoms with Gasteiger partial charge in [0.2, 0.25) is 0 Å². The zero-order valence-corrected chi connectivity index (χ0v) is 50.6. The number of hydrogen-bond donors (Lipinski definition) is 1. The van der Waals surface area contributed by atoms with Crippen LogP contribution >= 0.6 is 7.82 Å². The van der Waals surface area contributed by atoms with Gasteiger partial charge in [0.25, 0.3) is 0 Å². The molecular weight excluding hydrogens is 966 g/mol. The number of rotatable bonds is 56. The minimum Gasteiger partial charge on any atom is -0.462 e. The van der Waals surface area contributed by atoms with Crippen molar-refractivity contribution >= 4 is 19.8 Å². The molecule has 0 saturated carbocycles. The molecule has 0 rings (SSSR count). The minimum absolute atomic E-state index is 0.0310. The van der Waals surface area contributed by atoms with Crippen molar-refractivity contribution in [2.45, 2.75) is 264 Å². The third kappa shape index (κ3) is 60.2. The number of ether oxygens (including phenoxy) is 2. The molecule has 0 heterocycles. The molecule has 0 spiro atoms. The molecule has 10 heteroatoms. The van der Waals surface area contributed by atoms with Gasteiger partial charge in [-0.2, -0.15) is 0 Å². The second kappa shape index (κ2) is 56.6. The third-order valence-electron chi connectivity index (χ3n) is 13.1. The SMILES string of the molecule is CC/C=C\C/C=C\C/C=C\C/C=C\C/C=C\C/C=C\C/C=C\C/C=C\CCCCCCCCCCCCCCCCCCC(=O)OC(COC(=O)CCCCCCCCCCCCC)COP(=O)(O)OCC[N+](C)(C)C. The van der Waals surface area contributed by atoms with E-state index in [4.69, 9.17) is 18.5 Å². The van der Waals surface area contributed by atoms with Crippen molar-refractivity contribution in [2.75, 3.05) is 47.5 Å². The normalized spacial score (nSPS) is 13.9. The number of carbonyl (C=O) groups is 2. The summed E-state index contributed by atoms with van der Waals surface area (Å²) in [6.45, 7) is 4.32. The van der Waals surface area contributed by atoms with Gasteiger partial charge < -0.3 is 18.9 Å². The number of quaternary nitrogens is 1. The maximum Gasteiger partial charge on any atom is 0.472 e. The van der Waals surface area contributed by atoms with E-state index in [-0.39, 0.29) is 25.6 Å². The summed E-state index contributed by atoms with van der Waals surface area (Å²) in [4.78, 5) is 35.6. The first-order valence-electron chi connectivity index (χ1n) is 31.0. The summed E-state index contributed by atoms with van der Waals surface area (Å²) in [5, 5.41) is 0. The Hall–Kier alpha value is -3.07. The van der Waals surface area contributed by atoms with Gasteiger partial charge in [-0.3, -0.25) is 18.6 Å². The molecule has 438 valence electrons. The van der Waals surface area contributed by atoms with Crippen LogP contribution in [0.5, 0.6) is 0 Å². The van der Waals surface area contributed by atoms with Crippen LogP contribution in [0.4, 0.5) is 0 Å². The Balaban J connectivity index is 3.94. The smallest absolute Gasteiger partial charge is 0.462 e. The first kappa shape index (κ1) is 72.9. The largest absolute Gasteiger partial charge is 0.472 e. The summed E-state index contributed by atoms with van der Waals surface area (Å²) in [7, 11) is 1.48. The molecule has 9 nitrogen and oxygen atoms in total. The number of phosphoric acid groups is 1. The van der Waals surface area contributed by atoms with Crippen LogP contribution in [-0.2, 0) is 32.7 Å². The van der Waals surface area contributed by atoms with E-state index in [2.05, 4.69) is 111 Å². The van der Waals surface area contributed by atoms with Crippen LogP contribution in [0.1, 0.15) is 258 Å². The van der Waals surface area contributed by atoms with E-state index in [1.165, 1.54) is 141 Å². The van der Waals surface area contributed by atoms with E-state index in [0.717, 1.165) is 83.5 Å². The summed E-state index contributed by atoms with van der Waals surface area (Å²) >= 11 is 0. The summed E-state index contributed by atoms with van der Waals surface area (Å²) in [6, 6.07) is 0. The highest BCUT2D eigenvalue weighted by Crippen LogP contribution is 2.43. The predicted molar refractivity (Wildman–Crippen MR) is 325 cm³/mol. The lowest BCUT2D eigenvalue weighted by Crippen LogP contribution is -2.37. The van der Waals surface area contributed by atoms with E-state index in [1.807, 2.05) is 21.1 Å². The number of phosphoric ester groups is 1. The number of hydrogen-bond acceptors (Lipinski definition) is 7. The lowest BCUT2D eigenvalue weighted by Gasteiger charge is -2.24. The number of unbranched alkanes of at least 4 members (excludes halogenated alkanes) is 26. The molecule has 2 unspecified atom stereocenters. The Morgan fingerprint density at radius 2 is 0.750 bits per heavy atom. The zero-order valence-electron chi connectivity index (χ0n) is 49.7. The average molecular weight is 1080 g/mol. The average Bonchev–Trinajstić information content (AvgIpc) is 3.38. The highest BCUT2D eigenvalue weighted by Gasteiger charge is 2.27. The van der Waals surface area contributed by atoms with Crippen molar-refractivity contribution < 1.29 is 42.1 Å². The van der Waals surface area contributed by atoms with Crippen LogP contribution in [0, 0.1) is 0 Å². The number of carbonyl (C=O) groups excluding carboxylic acids is 2.